The second-order valence-electron chi connectivity index (χ2n) is 5.14. The van der Waals surface area contributed by atoms with Crippen molar-refractivity contribution >= 4 is 23.0 Å². The van der Waals surface area contributed by atoms with Crippen LogP contribution in [0.25, 0.3) is 0 Å². The van der Waals surface area contributed by atoms with Crippen molar-refractivity contribution in [3.8, 4) is 0 Å². The van der Waals surface area contributed by atoms with Crippen molar-refractivity contribution in [2.45, 2.75) is 32.2 Å². The lowest BCUT2D eigenvalue weighted by Crippen LogP contribution is -2.22. The third-order valence-corrected chi connectivity index (χ3v) is 4.09. The number of nitrogens with two attached hydrogens (primary N) is 1. The summed E-state index contributed by atoms with van der Waals surface area (Å²) in [6.07, 6.45) is 2.56. The molecule has 0 atom stereocenters. The highest BCUT2D eigenvalue weighted by Crippen LogP contribution is 2.40. The zero-order valence-corrected chi connectivity index (χ0v) is 12.3. The first-order valence-electron chi connectivity index (χ1n) is 6.78. The molecule has 0 saturated heterocycles. The van der Waals surface area contributed by atoms with Gasteiger partial charge in [-0.1, -0.05) is 12.1 Å². The van der Waals surface area contributed by atoms with Gasteiger partial charge in [0.05, 0.1) is 12.2 Å². The van der Waals surface area contributed by atoms with E-state index in [2.05, 4.69) is 20.7 Å². The van der Waals surface area contributed by atoms with Gasteiger partial charge >= 0.3 is 0 Å². The van der Waals surface area contributed by atoms with Gasteiger partial charge in [-0.15, -0.1) is 11.3 Å². The highest BCUT2D eigenvalue weighted by atomic mass is 32.1. The Balaban J connectivity index is 1.59. The topological polar surface area (TPSA) is 63.3 Å². The predicted octanol–water partition coefficient (Wildman–Crippen LogP) is 3.26. The van der Waals surface area contributed by atoms with E-state index >= 15 is 0 Å². The Morgan fingerprint density at radius 3 is 3.10 bits per heavy atom. The monoisotopic (exact) mass is 286 g/mol. The van der Waals surface area contributed by atoms with Gasteiger partial charge in [0.15, 0.2) is 5.96 Å². The van der Waals surface area contributed by atoms with E-state index in [1.807, 2.05) is 31.2 Å². The lowest BCUT2D eigenvalue weighted by Gasteiger charge is -2.05. The number of hydrogen-bond donors (Lipinski definition) is 2. The van der Waals surface area contributed by atoms with Gasteiger partial charge in [0, 0.05) is 17.0 Å². The average molecular weight is 286 g/mol. The summed E-state index contributed by atoms with van der Waals surface area (Å²) in [6, 6.07) is 8.06. The summed E-state index contributed by atoms with van der Waals surface area (Å²) in [7, 11) is 0. The molecule has 4 nitrogen and oxygen atoms in total. The van der Waals surface area contributed by atoms with Crippen molar-refractivity contribution in [3.05, 3.63) is 45.9 Å². The molecule has 3 rings (SSSR count). The van der Waals surface area contributed by atoms with E-state index in [1.165, 1.54) is 24.1 Å². The SMILES string of the molecule is Cc1cccc(NC(N)=NCc2nc(C3CC3)cs2)c1. The second-order valence-corrected chi connectivity index (χ2v) is 6.08. The zero-order valence-electron chi connectivity index (χ0n) is 11.5. The third-order valence-electron chi connectivity index (χ3n) is 3.24. The maximum absolute atomic E-state index is 5.90. The van der Waals surface area contributed by atoms with Crippen molar-refractivity contribution in [3.63, 3.8) is 0 Å². The first kappa shape index (κ1) is 13.1. The number of benzene rings is 1. The van der Waals surface area contributed by atoms with E-state index in [-0.39, 0.29) is 0 Å². The Morgan fingerprint density at radius 2 is 2.35 bits per heavy atom. The fourth-order valence-corrected chi connectivity index (χ4v) is 2.83. The first-order valence-corrected chi connectivity index (χ1v) is 7.66. The van der Waals surface area contributed by atoms with Gasteiger partial charge in [-0.3, -0.25) is 0 Å². The van der Waals surface area contributed by atoms with Crippen molar-refractivity contribution in [2.75, 3.05) is 5.32 Å². The summed E-state index contributed by atoms with van der Waals surface area (Å²) in [5, 5.41) is 6.27. The molecule has 2 aromatic rings. The molecule has 1 aromatic heterocycles. The fraction of sp³-hybridized carbons (Fsp3) is 0.333. The van der Waals surface area contributed by atoms with Crippen molar-refractivity contribution in [1.29, 1.82) is 0 Å². The molecular weight excluding hydrogens is 268 g/mol. The van der Waals surface area contributed by atoms with E-state index in [4.69, 9.17) is 5.73 Å². The quantitative estimate of drug-likeness (QED) is 0.670. The molecular formula is C15H18N4S. The Labute approximate surface area is 122 Å². The number of aryl methyl sites for hydroxylation is 1. The van der Waals surface area contributed by atoms with Crippen molar-refractivity contribution in [1.82, 2.24) is 4.98 Å². The van der Waals surface area contributed by atoms with Crippen LogP contribution in [0.4, 0.5) is 5.69 Å². The zero-order chi connectivity index (χ0) is 13.9. The molecule has 20 heavy (non-hydrogen) atoms. The molecule has 0 spiro atoms. The minimum Gasteiger partial charge on any atom is -0.370 e. The molecule has 1 aliphatic rings. The van der Waals surface area contributed by atoms with Crippen LogP contribution in [0, 0.1) is 6.92 Å². The molecule has 0 bridgehead atoms. The Kier molecular flexibility index (Phi) is 3.69. The van der Waals surface area contributed by atoms with E-state index < -0.39 is 0 Å². The standard InChI is InChI=1S/C15H18N4S/c1-10-3-2-4-12(7-10)18-15(16)17-8-14-19-13(9-20-14)11-5-6-11/h2-4,7,9,11H,5-6,8H2,1H3,(H3,16,17,18). The lowest BCUT2D eigenvalue weighted by molar-refractivity contribution is 0.970. The van der Waals surface area contributed by atoms with Gasteiger partial charge in [0.2, 0.25) is 0 Å². The van der Waals surface area contributed by atoms with Gasteiger partial charge in [0.1, 0.15) is 5.01 Å². The third kappa shape index (κ3) is 3.36. The molecule has 0 amide bonds. The molecule has 1 fully saturated rings. The van der Waals surface area contributed by atoms with Gasteiger partial charge in [-0.2, -0.15) is 0 Å². The number of nitrogens with zero attached hydrogens (tertiary/aromatic N) is 2. The predicted molar refractivity (Wildman–Crippen MR) is 84.2 cm³/mol. The number of rotatable bonds is 4. The molecule has 0 aliphatic heterocycles. The van der Waals surface area contributed by atoms with Crippen LogP contribution in [0.15, 0.2) is 34.6 Å². The number of aliphatic imine (C=N–C) groups is 1. The van der Waals surface area contributed by atoms with Crippen LogP contribution >= 0.6 is 11.3 Å². The molecule has 1 aliphatic carbocycles. The number of guanidine groups is 1. The highest BCUT2D eigenvalue weighted by Gasteiger charge is 2.25. The van der Waals surface area contributed by atoms with E-state index in [0.717, 1.165) is 10.7 Å². The van der Waals surface area contributed by atoms with Crippen molar-refractivity contribution in [2.24, 2.45) is 10.7 Å². The second kappa shape index (κ2) is 5.63. The van der Waals surface area contributed by atoms with Gasteiger partial charge in [0.25, 0.3) is 0 Å². The van der Waals surface area contributed by atoms with Crippen LogP contribution in [-0.2, 0) is 6.54 Å². The molecule has 104 valence electrons. The largest absolute Gasteiger partial charge is 0.370 e. The summed E-state index contributed by atoms with van der Waals surface area (Å²) >= 11 is 1.67. The highest BCUT2D eigenvalue weighted by molar-refractivity contribution is 7.09. The van der Waals surface area contributed by atoms with Crippen LogP contribution in [0.2, 0.25) is 0 Å². The van der Waals surface area contributed by atoms with Gasteiger partial charge in [-0.05, 0) is 37.5 Å². The fourth-order valence-electron chi connectivity index (χ4n) is 2.03. The maximum Gasteiger partial charge on any atom is 0.193 e. The molecule has 1 saturated carbocycles. The average Bonchev–Trinajstić information content (AvgIpc) is 3.16. The van der Waals surface area contributed by atoms with Crippen LogP contribution in [0.5, 0.6) is 0 Å². The molecule has 0 radical (unpaired) electrons. The van der Waals surface area contributed by atoms with Gasteiger partial charge < -0.3 is 11.1 Å². The maximum atomic E-state index is 5.90. The number of aromatic nitrogens is 1. The molecule has 5 heteroatoms. The number of thiazole rings is 1. The summed E-state index contributed by atoms with van der Waals surface area (Å²) in [4.78, 5) is 8.94. The first-order chi connectivity index (χ1) is 9.70. The van der Waals surface area contributed by atoms with Gasteiger partial charge in [-0.25, -0.2) is 9.98 Å². The molecule has 1 aromatic carbocycles. The van der Waals surface area contributed by atoms with Crippen LogP contribution < -0.4 is 11.1 Å². The Hall–Kier alpha value is -1.88. The minimum absolute atomic E-state index is 0.429. The number of anilines is 1. The summed E-state index contributed by atoms with van der Waals surface area (Å²) in [5.74, 6) is 1.13. The van der Waals surface area contributed by atoms with E-state index in [1.54, 1.807) is 11.3 Å². The number of hydrogen-bond acceptors (Lipinski definition) is 3. The van der Waals surface area contributed by atoms with E-state index in [0.29, 0.717) is 18.4 Å². The number of nitrogens with one attached hydrogen (secondary N) is 1. The molecule has 3 N–H and O–H groups in total. The smallest absolute Gasteiger partial charge is 0.193 e. The minimum atomic E-state index is 0.429. The molecule has 0 unspecified atom stereocenters. The van der Waals surface area contributed by atoms with Crippen LogP contribution in [-0.4, -0.2) is 10.9 Å². The van der Waals surface area contributed by atoms with Crippen LogP contribution in [0.1, 0.15) is 35.0 Å². The normalized spacial score (nSPS) is 15.3. The van der Waals surface area contributed by atoms with Crippen molar-refractivity contribution < 1.29 is 0 Å². The summed E-state index contributed by atoms with van der Waals surface area (Å²) < 4.78 is 0. The van der Waals surface area contributed by atoms with E-state index in [9.17, 15) is 0 Å². The Morgan fingerprint density at radius 1 is 1.50 bits per heavy atom. The summed E-state index contributed by atoms with van der Waals surface area (Å²) in [5.41, 5.74) is 9.28. The summed E-state index contributed by atoms with van der Waals surface area (Å²) in [6.45, 7) is 2.59. The van der Waals surface area contributed by atoms with Crippen LogP contribution in [0.3, 0.4) is 0 Å². The Bertz CT molecular complexity index is 628. The lowest BCUT2D eigenvalue weighted by atomic mass is 10.2. The molecule has 1 heterocycles.